The lowest BCUT2D eigenvalue weighted by Crippen LogP contribution is -2.11. The van der Waals surface area contributed by atoms with Crippen molar-refractivity contribution in [1.29, 1.82) is 0 Å². The van der Waals surface area contributed by atoms with Crippen LogP contribution in [0.25, 0.3) is 0 Å². The molecule has 1 aliphatic rings. The summed E-state index contributed by atoms with van der Waals surface area (Å²) < 4.78 is 4.44. The fourth-order valence-corrected chi connectivity index (χ4v) is 0.697. The van der Waals surface area contributed by atoms with Gasteiger partial charge in [0.25, 0.3) is 0 Å². The lowest BCUT2D eigenvalue weighted by Gasteiger charge is -1.96. The van der Waals surface area contributed by atoms with Crippen LogP contribution in [0.4, 0.5) is 0 Å². The Balaban J connectivity index is 2.80. The van der Waals surface area contributed by atoms with Crippen molar-refractivity contribution in [3.05, 3.63) is 11.3 Å². The number of methoxy groups -OCH3 is 1. The molecule has 54 valence electrons. The van der Waals surface area contributed by atoms with Gasteiger partial charge in [0, 0.05) is 11.9 Å². The van der Waals surface area contributed by atoms with Crippen LogP contribution in [-0.4, -0.2) is 25.8 Å². The third-order valence-corrected chi connectivity index (χ3v) is 1.23. The number of rotatable bonds is 1. The van der Waals surface area contributed by atoms with Gasteiger partial charge in [-0.1, -0.05) is 0 Å². The molecule has 2 N–H and O–H groups in total. The van der Waals surface area contributed by atoms with Gasteiger partial charge in [-0.25, -0.2) is 4.79 Å². The maximum absolute atomic E-state index is 10.8. The van der Waals surface area contributed by atoms with Crippen LogP contribution in [0.15, 0.2) is 16.3 Å². The molecule has 10 heavy (non-hydrogen) atoms. The molecule has 1 aliphatic heterocycles. The molecule has 0 aromatic heterocycles. The van der Waals surface area contributed by atoms with E-state index in [9.17, 15) is 4.79 Å². The lowest BCUT2D eigenvalue weighted by atomic mass is 10.2. The minimum atomic E-state index is -0.418. The van der Waals surface area contributed by atoms with E-state index in [1.165, 1.54) is 13.3 Å². The molecule has 0 saturated heterocycles. The lowest BCUT2D eigenvalue weighted by molar-refractivity contribution is -0.135. The predicted molar refractivity (Wildman–Crippen MR) is 36.6 cm³/mol. The highest BCUT2D eigenvalue weighted by Crippen LogP contribution is 2.05. The van der Waals surface area contributed by atoms with Crippen LogP contribution >= 0.6 is 0 Å². The number of carbonyl (C=O) groups is 1. The summed E-state index contributed by atoms with van der Waals surface area (Å²) in [6, 6.07) is 0. The first-order valence-electron chi connectivity index (χ1n) is 2.82. The molecule has 0 unspecified atom stereocenters. The highest BCUT2D eigenvalue weighted by atomic mass is 16.5. The molecule has 0 aromatic rings. The Labute approximate surface area is 58.4 Å². The zero-order valence-electron chi connectivity index (χ0n) is 5.63. The van der Waals surface area contributed by atoms with E-state index in [-0.39, 0.29) is 0 Å². The van der Waals surface area contributed by atoms with Crippen molar-refractivity contribution in [1.82, 2.24) is 0 Å². The van der Waals surface area contributed by atoms with Gasteiger partial charge in [-0.15, -0.1) is 0 Å². The van der Waals surface area contributed by atoms with Gasteiger partial charge in [0.05, 0.1) is 19.2 Å². The molecule has 4 nitrogen and oxygen atoms in total. The summed E-state index contributed by atoms with van der Waals surface area (Å²) >= 11 is 0. The maximum atomic E-state index is 10.8. The Hall–Kier alpha value is -1.32. The van der Waals surface area contributed by atoms with Crippen LogP contribution < -0.4 is 5.73 Å². The largest absolute Gasteiger partial charge is 0.465 e. The van der Waals surface area contributed by atoms with Crippen LogP contribution in [0, 0.1) is 0 Å². The number of ether oxygens (including phenoxy) is 1. The fraction of sp³-hybridized carbons (Fsp3) is 0.333. The van der Waals surface area contributed by atoms with Gasteiger partial charge in [-0.05, 0) is 0 Å². The Morgan fingerprint density at radius 1 is 1.90 bits per heavy atom. The number of aliphatic imine (C=N–C) groups is 1. The second-order valence-corrected chi connectivity index (χ2v) is 1.90. The van der Waals surface area contributed by atoms with Crippen LogP contribution in [0.1, 0.15) is 0 Å². The monoisotopic (exact) mass is 140 g/mol. The van der Waals surface area contributed by atoms with E-state index in [1.807, 2.05) is 0 Å². The normalized spacial score (nSPS) is 16.1. The summed E-state index contributed by atoms with van der Waals surface area (Å²) in [5.74, 6) is -0.418. The van der Waals surface area contributed by atoms with E-state index >= 15 is 0 Å². The number of hydrogen-bond acceptors (Lipinski definition) is 4. The van der Waals surface area contributed by atoms with E-state index < -0.39 is 5.97 Å². The summed E-state index contributed by atoms with van der Waals surface area (Å²) in [6.07, 6.45) is 1.43. The Kier molecular flexibility index (Phi) is 1.71. The quantitative estimate of drug-likeness (QED) is 0.497. The third-order valence-electron chi connectivity index (χ3n) is 1.23. The third kappa shape index (κ3) is 1.00. The molecular weight excluding hydrogens is 132 g/mol. The molecule has 0 fully saturated rings. The zero-order valence-corrected chi connectivity index (χ0v) is 5.63. The van der Waals surface area contributed by atoms with Crippen LogP contribution in [0.2, 0.25) is 0 Å². The minimum absolute atomic E-state index is 0.377. The standard InChI is InChI=1S/C6H8N2O2/c1-10-6(9)4-2-8-3-5(4)7/h2H,3,7H2,1H3. The van der Waals surface area contributed by atoms with Crippen molar-refractivity contribution in [2.75, 3.05) is 13.7 Å². The van der Waals surface area contributed by atoms with Crippen molar-refractivity contribution >= 4 is 12.2 Å². The van der Waals surface area contributed by atoms with E-state index in [1.54, 1.807) is 0 Å². The summed E-state index contributed by atoms with van der Waals surface area (Å²) in [7, 11) is 1.31. The summed E-state index contributed by atoms with van der Waals surface area (Å²) in [6.45, 7) is 0.407. The van der Waals surface area contributed by atoms with Crippen molar-refractivity contribution in [3.63, 3.8) is 0 Å². The zero-order chi connectivity index (χ0) is 7.56. The molecule has 1 rings (SSSR count). The Morgan fingerprint density at radius 3 is 3.00 bits per heavy atom. The summed E-state index contributed by atoms with van der Waals surface area (Å²) in [5.41, 5.74) is 6.27. The Morgan fingerprint density at radius 2 is 2.60 bits per heavy atom. The molecule has 0 aromatic carbocycles. The maximum Gasteiger partial charge on any atom is 0.341 e. The second kappa shape index (κ2) is 2.51. The number of nitrogens with two attached hydrogens (primary N) is 1. The first-order chi connectivity index (χ1) is 4.75. The van der Waals surface area contributed by atoms with Gasteiger partial charge < -0.3 is 10.5 Å². The smallest absolute Gasteiger partial charge is 0.341 e. The van der Waals surface area contributed by atoms with Gasteiger partial charge in [0.15, 0.2) is 0 Å². The van der Waals surface area contributed by atoms with E-state index in [0.717, 1.165) is 0 Å². The number of esters is 1. The molecule has 4 heteroatoms. The molecular formula is C6H8N2O2. The molecule has 0 saturated carbocycles. The SMILES string of the molecule is COC(=O)C1=C(N)CN=C1. The molecule has 1 heterocycles. The average Bonchev–Trinajstić information content (AvgIpc) is 2.34. The predicted octanol–water partition coefficient (Wildman–Crippen LogP) is -0.543. The topological polar surface area (TPSA) is 64.7 Å². The van der Waals surface area contributed by atoms with E-state index in [4.69, 9.17) is 5.73 Å². The number of carbonyl (C=O) groups excluding carboxylic acids is 1. The van der Waals surface area contributed by atoms with Gasteiger partial charge in [-0.2, -0.15) is 0 Å². The number of nitrogens with zero attached hydrogens (tertiary/aromatic N) is 1. The van der Waals surface area contributed by atoms with Crippen molar-refractivity contribution in [2.24, 2.45) is 10.7 Å². The summed E-state index contributed by atoms with van der Waals surface area (Å²) in [4.78, 5) is 14.6. The van der Waals surface area contributed by atoms with Gasteiger partial charge in [0.2, 0.25) is 0 Å². The molecule has 0 radical (unpaired) electrons. The molecule has 0 bridgehead atoms. The van der Waals surface area contributed by atoms with Crippen LogP contribution in [0.5, 0.6) is 0 Å². The fourth-order valence-electron chi connectivity index (χ4n) is 0.697. The second-order valence-electron chi connectivity index (χ2n) is 1.90. The molecule has 0 amide bonds. The first kappa shape index (κ1) is 6.80. The summed E-state index contributed by atoms with van der Waals surface area (Å²) in [5, 5.41) is 0. The van der Waals surface area contributed by atoms with Gasteiger partial charge >= 0.3 is 5.97 Å². The van der Waals surface area contributed by atoms with E-state index in [0.29, 0.717) is 17.8 Å². The minimum Gasteiger partial charge on any atom is -0.465 e. The van der Waals surface area contributed by atoms with Gasteiger partial charge in [0.1, 0.15) is 0 Å². The van der Waals surface area contributed by atoms with Crippen molar-refractivity contribution in [2.45, 2.75) is 0 Å². The van der Waals surface area contributed by atoms with Crippen molar-refractivity contribution in [3.8, 4) is 0 Å². The highest BCUT2D eigenvalue weighted by molar-refractivity contribution is 6.11. The Bertz CT molecular complexity index is 218. The molecule has 0 aliphatic carbocycles. The van der Waals surface area contributed by atoms with Crippen LogP contribution in [0.3, 0.4) is 0 Å². The molecule has 0 atom stereocenters. The molecule has 0 spiro atoms. The van der Waals surface area contributed by atoms with Gasteiger partial charge in [-0.3, -0.25) is 4.99 Å². The van der Waals surface area contributed by atoms with E-state index in [2.05, 4.69) is 9.73 Å². The first-order valence-corrected chi connectivity index (χ1v) is 2.82. The highest BCUT2D eigenvalue weighted by Gasteiger charge is 2.14. The van der Waals surface area contributed by atoms with Crippen molar-refractivity contribution < 1.29 is 9.53 Å². The van der Waals surface area contributed by atoms with Crippen LogP contribution in [-0.2, 0) is 9.53 Å². The number of hydrogen-bond donors (Lipinski definition) is 1. The average molecular weight is 140 g/mol.